The predicted octanol–water partition coefficient (Wildman–Crippen LogP) is 3.26. The molecule has 1 aromatic carbocycles. The molecule has 1 aromatic heterocycles. The van der Waals surface area contributed by atoms with E-state index in [-0.39, 0.29) is 0 Å². The van der Waals surface area contributed by atoms with Crippen molar-refractivity contribution in [2.75, 3.05) is 7.11 Å². The normalized spacial score (nSPS) is 10.8. The van der Waals surface area contributed by atoms with Gasteiger partial charge in [0.1, 0.15) is 15.8 Å². The Kier molecular flexibility index (Phi) is 3.74. The Labute approximate surface area is 105 Å². The quantitative estimate of drug-likeness (QED) is 0.833. The molecule has 2 rings (SSSR count). The van der Waals surface area contributed by atoms with Crippen molar-refractivity contribution in [1.29, 1.82) is 0 Å². The lowest BCUT2D eigenvalue weighted by molar-refractivity contribution is 0.414. The largest absolute Gasteiger partial charge is 0.497 e. The Morgan fingerprint density at radius 1 is 1.18 bits per heavy atom. The van der Waals surface area contributed by atoms with E-state index < -0.39 is 0 Å². The van der Waals surface area contributed by atoms with Crippen molar-refractivity contribution in [1.82, 2.24) is 10.2 Å². The number of aromatic nitrogens is 2. The molecule has 0 aliphatic heterocycles. The molecule has 0 aliphatic carbocycles. The minimum Gasteiger partial charge on any atom is -0.497 e. The van der Waals surface area contributed by atoms with E-state index in [1.54, 1.807) is 18.4 Å². The highest BCUT2D eigenvalue weighted by atomic mass is 32.1. The molecule has 0 amide bonds. The molecule has 0 unspecified atom stereocenters. The third-order valence-corrected chi connectivity index (χ3v) is 3.71. The second kappa shape index (κ2) is 5.27. The van der Waals surface area contributed by atoms with Gasteiger partial charge in [0.15, 0.2) is 0 Å². The van der Waals surface area contributed by atoms with Crippen molar-refractivity contribution in [2.24, 2.45) is 0 Å². The number of rotatable bonds is 4. The van der Waals surface area contributed by atoms with Crippen LogP contribution in [-0.4, -0.2) is 17.3 Å². The fourth-order valence-electron chi connectivity index (χ4n) is 1.49. The SMILES string of the molecule is COc1ccc(Cc2nnc(C(C)C)s2)cc1. The first kappa shape index (κ1) is 12.0. The first-order chi connectivity index (χ1) is 8.19. The zero-order valence-electron chi connectivity index (χ0n) is 10.3. The van der Waals surface area contributed by atoms with Crippen molar-refractivity contribution in [3.8, 4) is 5.75 Å². The van der Waals surface area contributed by atoms with Gasteiger partial charge in [-0.3, -0.25) is 0 Å². The van der Waals surface area contributed by atoms with Crippen LogP contribution in [0.1, 0.15) is 35.3 Å². The molecule has 0 radical (unpaired) electrons. The second-order valence-electron chi connectivity index (χ2n) is 4.21. The molecule has 0 saturated carbocycles. The Bertz CT molecular complexity index is 476. The fourth-order valence-corrected chi connectivity index (χ4v) is 2.37. The number of nitrogens with zero attached hydrogens (tertiary/aromatic N) is 2. The van der Waals surface area contributed by atoms with Gasteiger partial charge in [0.2, 0.25) is 0 Å². The molecule has 2 aromatic rings. The van der Waals surface area contributed by atoms with Crippen LogP contribution in [0.25, 0.3) is 0 Å². The van der Waals surface area contributed by atoms with E-state index in [4.69, 9.17) is 4.74 Å². The molecule has 0 fully saturated rings. The fraction of sp³-hybridized carbons (Fsp3) is 0.385. The molecule has 0 N–H and O–H groups in total. The van der Waals surface area contributed by atoms with Gasteiger partial charge in [-0.2, -0.15) is 0 Å². The lowest BCUT2D eigenvalue weighted by Crippen LogP contribution is -1.88. The summed E-state index contributed by atoms with van der Waals surface area (Å²) in [6.07, 6.45) is 0.842. The zero-order chi connectivity index (χ0) is 12.3. The van der Waals surface area contributed by atoms with Gasteiger partial charge >= 0.3 is 0 Å². The molecule has 0 aliphatic rings. The van der Waals surface area contributed by atoms with Crippen LogP contribution >= 0.6 is 11.3 Å². The molecular formula is C13H16N2OS. The van der Waals surface area contributed by atoms with E-state index in [2.05, 4.69) is 36.2 Å². The number of benzene rings is 1. The van der Waals surface area contributed by atoms with Gasteiger partial charge in [0.05, 0.1) is 7.11 Å². The van der Waals surface area contributed by atoms with E-state index >= 15 is 0 Å². The summed E-state index contributed by atoms with van der Waals surface area (Å²) < 4.78 is 5.13. The van der Waals surface area contributed by atoms with Crippen molar-refractivity contribution in [2.45, 2.75) is 26.2 Å². The highest BCUT2D eigenvalue weighted by molar-refractivity contribution is 7.11. The number of hydrogen-bond donors (Lipinski definition) is 0. The summed E-state index contributed by atoms with van der Waals surface area (Å²) in [5.41, 5.74) is 1.23. The topological polar surface area (TPSA) is 35.0 Å². The smallest absolute Gasteiger partial charge is 0.121 e. The van der Waals surface area contributed by atoms with E-state index in [9.17, 15) is 0 Å². The lowest BCUT2D eigenvalue weighted by Gasteiger charge is -2.01. The van der Waals surface area contributed by atoms with Crippen LogP contribution in [0.15, 0.2) is 24.3 Å². The van der Waals surface area contributed by atoms with Crippen LogP contribution in [-0.2, 0) is 6.42 Å². The van der Waals surface area contributed by atoms with Crippen LogP contribution in [0.2, 0.25) is 0 Å². The van der Waals surface area contributed by atoms with Gasteiger partial charge in [-0.1, -0.05) is 26.0 Å². The van der Waals surface area contributed by atoms with Crippen molar-refractivity contribution >= 4 is 11.3 Å². The standard InChI is InChI=1S/C13H16N2OS/c1-9(2)13-15-14-12(17-13)8-10-4-6-11(16-3)7-5-10/h4-7,9H,8H2,1-3H3. The van der Waals surface area contributed by atoms with Crippen molar-refractivity contribution in [3.05, 3.63) is 39.8 Å². The minimum absolute atomic E-state index is 0.456. The average molecular weight is 248 g/mol. The zero-order valence-corrected chi connectivity index (χ0v) is 11.1. The molecule has 0 atom stereocenters. The van der Waals surface area contributed by atoms with Gasteiger partial charge in [0, 0.05) is 12.3 Å². The first-order valence-electron chi connectivity index (χ1n) is 5.64. The summed E-state index contributed by atoms with van der Waals surface area (Å²) in [6.45, 7) is 4.27. The maximum Gasteiger partial charge on any atom is 0.121 e. The van der Waals surface area contributed by atoms with Crippen LogP contribution in [0.3, 0.4) is 0 Å². The van der Waals surface area contributed by atoms with Gasteiger partial charge in [0.25, 0.3) is 0 Å². The summed E-state index contributed by atoms with van der Waals surface area (Å²) in [6, 6.07) is 8.07. The number of methoxy groups -OCH3 is 1. The second-order valence-corrected chi connectivity index (χ2v) is 5.31. The summed E-state index contributed by atoms with van der Waals surface area (Å²) in [4.78, 5) is 0. The highest BCUT2D eigenvalue weighted by Crippen LogP contribution is 2.21. The maximum atomic E-state index is 5.13. The minimum atomic E-state index is 0.456. The molecule has 4 heteroatoms. The molecule has 0 saturated heterocycles. The summed E-state index contributed by atoms with van der Waals surface area (Å²) in [7, 11) is 1.68. The Morgan fingerprint density at radius 3 is 2.41 bits per heavy atom. The summed E-state index contributed by atoms with van der Waals surface area (Å²) in [5.74, 6) is 1.34. The van der Waals surface area contributed by atoms with Gasteiger partial charge < -0.3 is 4.74 Å². The summed E-state index contributed by atoms with van der Waals surface area (Å²) >= 11 is 1.69. The Morgan fingerprint density at radius 2 is 1.88 bits per heavy atom. The van der Waals surface area contributed by atoms with Gasteiger partial charge in [-0.25, -0.2) is 0 Å². The monoisotopic (exact) mass is 248 g/mol. The molecule has 3 nitrogen and oxygen atoms in total. The molecule has 1 heterocycles. The maximum absolute atomic E-state index is 5.13. The van der Waals surface area contributed by atoms with Crippen LogP contribution in [0.4, 0.5) is 0 Å². The molecule has 0 spiro atoms. The third kappa shape index (κ3) is 3.03. The average Bonchev–Trinajstić information content (AvgIpc) is 2.79. The van der Waals surface area contributed by atoms with Crippen molar-refractivity contribution < 1.29 is 4.74 Å². The molecular weight excluding hydrogens is 232 g/mol. The first-order valence-corrected chi connectivity index (χ1v) is 6.46. The van der Waals surface area contributed by atoms with E-state index in [1.165, 1.54) is 5.56 Å². The number of ether oxygens (including phenoxy) is 1. The Hall–Kier alpha value is -1.42. The van der Waals surface area contributed by atoms with E-state index in [1.807, 2.05) is 12.1 Å². The predicted molar refractivity (Wildman–Crippen MR) is 69.8 cm³/mol. The molecule has 90 valence electrons. The van der Waals surface area contributed by atoms with Crippen LogP contribution in [0, 0.1) is 0 Å². The lowest BCUT2D eigenvalue weighted by atomic mass is 10.1. The molecule has 0 bridgehead atoms. The van der Waals surface area contributed by atoms with Gasteiger partial charge in [-0.05, 0) is 17.7 Å². The van der Waals surface area contributed by atoms with E-state index in [0.717, 1.165) is 22.2 Å². The van der Waals surface area contributed by atoms with Crippen LogP contribution < -0.4 is 4.74 Å². The Balaban J connectivity index is 2.08. The summed E-state index contributed by atoms with van der Waals surface area (Å²) in [5, 5.41) is 10.6. The number of hydrogen-bond acceptors (Lipinski definition) is 4. The van der Waals surface area contributed by atoms with Gasteiger partial charge in [-0.15, -0.1) is 21.5 Å². The van der Waals surface area contributed by atoms with Crippen LogP contribution in [0.5, 0.6) is 5.75 Å². The van der Waals surface area contributed by atoms with E-state index in [0.29, 0.717) is 5.92 Å². The third-order valence-electron chi connectivity index (χ3n) is 2.49. The highest BCUT2D eigenvalue weighted by Gasteiger charge is 2.08. The molecule has 17 heavy (non-hydrogen) atoms. The van der Waals surface area contributed by atoms with Crippen molar-refractivity contribution in [3.63, 3.8) is 0 Å².